The number of hydrogen-bond acceptors (Lipinski definition) is 3. The molecule has 1 rings (SSSR count). The molecule has 0 bridgehead atoms. The van der Waals surface area contributed by atoms with E-state index < -0.39 is 35.7 Å². The van der Waals surface area contributed by atoms with Gasteiger partial charge in [0, 0.05) is 0 Å². The molecule has 0 spiro atoms. The summed E-state index contributed by atoms with van der Waals surface area (Å²) in [6, 6.07) is 1.11. The van der Waals surface area contributed by atoms with Crippen molar-refractivity contribution in [1.82, 2.24) is 0 Å². The summed E-state index contributed by atoms with van der Waals surface area (Å²) < 4.78 is 25.8. The molecule has 0 aliphatic heterocycles. The molecule has 0 radical (unpaired) electrons. The lowest BCUT2D eigenvalue weighted by Crippen LogP contribution is -2.31. The number of aromatic carboxylic acids is 1. The van der Waals surface area contributed by atoms with E-state index in [1.54, 1.807) is 0 Å². The molecule has 1 aromatic carbocycles. The van der Waals surface area contributed by atoms with Crippen LogP contribution in [0.5, 0.6) is 0 Å². The van der Waals surface area contributed by atoms with Crippen molar-refractivity contribution >= 4 is 18.6 Å². The van der Waals surface area contributed by atoms with Crippen molar-refractivity contribution in [2.45, 2.75) is 0 Å². The lowest BCUT2D eigenvalue weighted by Gasteiger charge is -2.03. The predicted octanol–water partition coefficient (Wildman–Crippen LogP) is -0.657. The molecule has 0 fully saturated rings. The lowest BCUT2D eigenvalue weighted by atomic mass is 9.80. The molecule has 7 heteroatoms. The van der Waals surface area contributed by atoms with Crippen LogP contribution in [-0.2, 0) is 0 Å². The van der Waals surface area contributed by atoms with Crippen molar-refractivity contribution in [2.75, 3.05) is 0 Å². The SMILES string of the molecule is O=C(O)c1c(F)cc(B(O)O)cc1F. The summed E-state index contributed by atoms with van der Waals surface area (Å²) in [6.45, 7) is 0. The Balaban J connectivity index is 3.32. The molecule has 0 heterocycles. The summed E-state index contributed by atoms with van der Waals surface area (Å²) in [5.41, 5.74) is -1.56. The van der Waals surface area contributed by atoms with Gasteiger partial charge < -0.3 is 15.2 Å². The Kier molecular flexibility index (Phi) is 2.83. The normalized spacial score (nSPS) is 10.0. The number of carboxylic acid groups (broad SMARTS) is 1. The first kappa shape index (κ1) is 10.6. The van der Waals surface area contributed by atoms with Crippen molar-refractivity contribution in [2.24, 2.45) is 0 Å². The van der Waals surface area contributed by atoms with E-state index in [0.29, 0.717) is 12.1 Å². The third-order valence-corrected chi connectivity index (χ3v) is 1.58. The van der Waals surface area contributed by atoms with Crippen molar-refractivity contribution in [3.05, 3.63) is 29.3 Å². The Hall–Kier alpha value is -1.47. The zero-order valence-electron chi connectivity index (χ0n) is 6.74. The molecule has 74 valence electrons. The van der Waals surface area contributed by atoms with E-state index in [9.17, 15) is 13.6 Å². The largest absolute Gasteiger partial charge is 0.488 e. The maximum atomic E-state index is 12.9. The molecule has 0 aliphatic rings. The van der Waals surface area contributed by atoms with Crippen LogP contribution in [0.25, 0.3) is 0 Å². The van der Waals surface area contributed by atoms with E-state index in [4.69, 9.17) is 15.2 Å². The molecular formula is C7H5BF2O4. The van der Waals surface area contributed by atoms with Gasteiger partial charge in [-0.1, -0.05) is 0 Å². The zero-order valence-corrected chi connectivity index (χ0v) is 6.74. The Bertz CT molecular complexity index is 357. The van der Waals surface area contributed by atoms with E-state index in [1.165, 1.54) is 0 Å². The quantitative estimate of drug-likeness (QED) is 0.556. The lowest BCUT2D eigenvalue weighted by molar-refractivity contribution is 0.0686. The van der Waals surface area contributed by atoms with E-state index in [1.807, 2.05) is 0 Å². The highest BCUT2D eigenvalue weighted by Crippen LogP contribution is 2.10. The second kappa shape index (κ2) is 3.73. The summed E-state index contributed by atoms with van der Waals surface area (Å²) in [6.07, 6.45) is 0. The Morgan fingerprint density at radius 1 is 1.21 bits per heavy atom. The fourth-order valence-electron chi connectivity index (χ4n) is 0.946. The van der Waals surface area contributed by atoms with Crippen molar-refractivity contribution in [3.63, 3.8) is 0 Å². The maximum absolute atomic E-state index is 12.9. The van der Waals surface area contributed by atoms with Crippen molar-refractivity contribution < 1.29 is 28.7 Å². The van der Waals surface area contributed by atoms with Gasteiger partial charge in [-0.3, -0.25) is 0 Å². The Labute approximate surface area is 77.6 Å². The molecule has 3 N–H and O–H groups in total. The molecule has 1 aromatic rings. The van der Waals surface area contributed by atoms with E-state index in [0.717, 1.165) is 0 Å². The van der Waals surface area contributed by atoms with Crippen LogP contribution in [0, 0.1) is 11.6 Å². The third-order valence-electron chi connectivity index (χ3n) is 1.58. The number of carbonyl (C=O) groups is 1. The topological polar surface area (TPSA) is 77.8 Å². The van der Waals surface area contributed by atoms with Crippen LogP contribution in [0.1, 0.15) is 10.4 Å². The van der Waals surface area contributed by atoms with Gasteiger partial charge in [-0.2, -0.15) is 0 Å². The fourth-order valence-corrected chi connectivity index (χ4v) is 0.946. The minimum absolute atomic E-state index is 0.440. The number of halogens is 2. The van der Waals surface area contributed by atoms with Gasteiger partial charge in [-0.15, -0.1) is 0 Å². The summed E-state index contributed by atoms with van der Waals surface area (Å²) in [5.74, 6) is -4.44. The van der Waals surface area contributed by atoms with Crippen molar-refractivity contribution in [1.29, 1.82) is 0 Å². The van der Waals surface area contributed by atoms with Crippen molar-refractivity contribution in [3.8, 4) is 0 Å². The minimum Gasteiger partial charge on any atom is -0.477 e. The minimum atomic E-state index is -2.04. The first-order chi connectivity index (χ1) is 6.43. The van der Waals surface area contributed by atoms with Crippen LogP contribution in [0.15, 0.2) is 12.1 Å². The Morgan fingerprint density at radius 3 is 1.93 bits per heavy atom. The highest BCUT2D eigenvalue weighted by Gasteiger charge is 2.21. The van der Waals surface area contributed by atoms with Gasteiger partial charge in [0.05, 0.1) is 0 Å². The van der Waals surface area contributed by atoms with Crippen LogP contribution in [-0.4, -0.2) is 28.2 Å². The fraction of sp³-hybridized carbons (Fsp3) is 0. The highest BCUT2D eigenvalue weighted by molar-refractivity contribution is 6.58. The summed E-state index contributed by atoms with van der Waals surface area (Å²) >= 11 is 0. The van der Waals surface area contributed by atoms with Crippen LogP contribution < -0.4 is 5.46 Å². The average Bonchev–Trinajstić information content (AvgIpc) is 2.01. The molecule has 14 heavy (non-hydrogen) atoms. The monoisotopic (exact) mass is 202 g/mol. The second-order valence-electron chi connectivity index (χ2n) is 2.54. The average molecular weight is 202 g/mol. The van der Waals surface area contributed by atoms with Gasteiger partial charge >= 0.3 is 13.1 Å². The summed E-state index contributed by atoms with van der Waals surface area (Å²) in [7, 11) is -2.04. The second-order valence-corrected chi connectivity index (χ2v) is 2.54. The maximum Gasteiger partial charge on any atom is 0.488 e. The van der Waals surface area contributed by atoms with Crippen LogP contribution in [0.2, 0.25) is 0 Å². The molecule has 0 aliphatic carbocycles. The standard InChI is InChI=1S/C7H5BF2O4/c9-4-1-3(8(13)14)2-5(10)6(4)7(11)12/h1-2,13-14H,(H,11,12). The number of hydrogen-bond donors (Lipinski definition) is 3. The van der Waals surface area contributed by atoms with Crippen LogP contribution in [0.4, 0.5) is 8.78 Å². The van der Waals surface area contributed by atoms with Gasteiger partial charge in [0.25, 0.3) is 0 Å². The molecular weight excluding hydrogens is 197 g/mol. The van der Waals surface area contributed by atoms with Gasteiger partial charge in [0.1, 0.15) is 17.2 Å². The van der Waals surface area contributed by atoms with Gasteiger partial charge in [-0.25, -0.2) is 13.6 Å². The molecule has 0 saturated heterocycles. The van der Waals surface area contributed by atoms with Gasteiger partial charge in [0.2, 0.25) is 0 Å². The first-order valence-electron chi connectivity index (χ1n) is 3.52. The van der Waals surface area contributed by atoms with E-state index >= 15 is 0 Å². The van der Waals surface area contributed by atoms with E-state index in [2.05, 4.69) is 0 Å². The Morgan fingerprint density at radius 2 is 1.64 bits per heavy atom. The molecule has 0 atom stereocenters. The molecule has 0 saturated carbocycles. The van der Waals surface area contributed by atoms with Crippen LogP contribution in [0.3, 0.4) is 0 Å². The first-order valence-corrected chi connectivity index (χ1v) is 3.52. The molecule has 0 aromatic heterocycles. The smallest absolute Gasteiger partial charge is 0.477 e. The number of benzene rings is 1. The van der Waals surface area contributed by atoms with Gasteiger partial charge in [-0.05, 0) is 17.6 Å². The third kappa shape index (κ3) is 1.89. The highest BCUT2D eigenvalue weighted by atomic mass is 19.1. The number of rotatable bonds is 2. The summed E-state index contributed by atoms with van der Waals surface area (Å²) in [5, 5.41) is 25.5. The van der Waals surface area contributed by atoms with Crippen LogP contribution >= 0.6 is 0 Å². The molecule has 0 unspecified atom stereocenters. The summed E-state index contributed by atoms with van der Waals surface area (Å²) in [4.78, 5) is 10.3. The van der Waals surface area contributed by atoms with E-state index in [-0.39, 0.29) is 0 Å². The molecule has 0 amide bonds. The van der Waals surface area contributed by atoms with Gasteiger partial charge in [0.15, 0.2) is 0 Å². The molecule has 4 nitrogen and oxygen atoms in total. The zero-order chi connectivity index (χ0) is 10.9. The number of carboxylic acids is 1. The predicted molar refractivity (Wildman–Crippen MR) is 43.1 cm³/mol.